The highest BCUT2D eigenvalue weighted by Crippen LogP contribution is 2.17. The topological polar surface area (TPSA) is 76.5 Å². The van der Waals surface area contributed by atoms with Gasteiger partial charge >= 0.3 is 11.9 Å². The fraction of sp³-hybridized carbons (Fsp3) is 0.593. The monoisotopic (exact) mass is 475 g/mol. The number of carbonyl (C=O) groups excluding carboxylic acids is 1. The van der Waals surface area contributed by atoms with E-state index < -0.39 is 11.9 Å². The lowest BCUT2D eigenvalue weighted by molar-refractivity contribution is 0.0487. The molecule has 0 bridgehead atoms. The first-order valence-corrected chi connectivity index (χ1v) is 13.4. The van der Waals surface area contributed by atoms with Crippen LogP contribution in [0.25, 0.3) is 0 Å². The lowest BCUT2D eigenvalue weighted by Crippen LogP contribution is -2.13. The van der Waals surface area contributed by atoms with E-state index >= 15 is 0 Å². The number of benzene rings is 1. The van der Waals surface area contributed by atoms with E-state index in [4.69, 9.17) is 4.74 Å². The Hall–Kier alpha value is -2.21. The molecule has 2 aromatic rings. The summed E-state index contributed by atoms with van der Waals surface area (Å²) in [4.78, 5) is 27.6. The Labute approximate surface area is 203 Å². The number of hydrogen-bond acceptors (Lipinski definition) is 5. The van der Waals surface area contributed by atoms with Crippen molar-refractivity contribution >= 4 is 23.3 Å². The number of carboxylic acid groups (broad SMARTS) is 1. The van der Waals surface area contributed by atoms with Gasteiger partial charge in [-0.3, -0.25) is 4.98 Å². The average molecular weight is 476 g/mol. The molecule has 33 heavy (non-hydrogen) atoms. The fourth-order valence-electron chi connectivity index (χ4n) is 3.51. The van der Waals surface area contributed by atoms with E-state index in [0.29, 0.717) is 6.61 Å². The van der Waals surface area contributed by atoms with Crippen LogP contribution in [0.5, 0.6) is 0 Å². The van der Waals surface area contributed by atoms with Crippen LogP contribution in [0.4, 0.5) is 0 Å². The SMILES string of the molecule is CCCCCCCCOC(=O)c1ccc(CCCCCCCC)cc1C(=O)O.c1cscn1. The first-order valence-electron chi connectivity index (χ1n) is 12.5. The number of aromatic carboxylic acids is 1. The largest absolute Gasteiger partial charge is 0.478 e. The Morgan fingerprint density at radius 3 is 2.06 bits per heavy atom. The Bertz CT molecular complexity index is 744. The van der Waals surface area contributed by atoms with Crippen molar-refractivity contribution < 1.29 is 19.4 Å². The van der Waals surface area contributed by atoms with Gasteiger partial charge in [0, 0.05) is 11.6 Å². The van der Waals surface area contributed by atoms with E-state index in [0.717, 1.165) is 44.1 Å². The Morgan fingerprint density at radius 2 is 1.52 bits per heavy atom. The van der Waals surface area contributed by atoms with Gasteiger partial charge in [-0.15, -0.1) is 11.3 Å². The van der Waals surface area contributed by atoms with Gasteiger partial charge in [-0.05, 0) is 37.0 Å². The van der Waals surface area contributed by atoms with Gasteiger partial charge in [0.25, 0.3) is 0 Å². The summed E-state index contributed by atoms with van der Waals surface area (Å²) in [5, 5.41) is 11.4. The number of ether oxygens (including phenoxy) is 1. The summed E-state index contributed by atoms with van der Waals surface area (Å²) in [5.74, 6) is -1.60. The maximum atomic E-state index is 12.3. The molecule has 0 aliphatic carbocycles. The van der Waals surface area contributed by atoms with Gasteiger partial charge in [0.1, 0.15) is 0 Å². The highest BCUT2D eigenvalue weighted by Gasteiger charge is 2.18. The van der Waals surface area contributed by atoms with Gasteiger partial charge in [-0.1, -0.05) is 84.1 Å². The molecule has 0 spiro atoms. The second kappa shape index (κ2) is 19.3. The zero-order valence-electron chi connectivity index (χ0n) is 20.4. The van der Waals surface area contributed by atoms with Crippen molar-refractivity contribution in [3.63, 3.8) is 0 Å². The fourth-order valence-corrected chi connectivity index (χ4v) is 3.86. The second-order valence-corrected chi connectivity index (χ2v) is 9.04. The summed E-state index contributed by atoms with van der Waals surface area (Å²) in [6.07, 6.45) is 16.5. The number of carbonyl (C=O) groups is 2. The van der Waals surface area contributed by atoms with Crippen LogP contribution in [0, 0.1) is 0 Å². The third-order valence-electron chi connectivity index (χ3n) is 5.43. The van der Waals surface area contributed by atoms with Crippen LogP contribution in [0.2, 0.25) is 0 Å². The Balaban J connectivity index is 0.000000953. The first kappa shape index (κ1) is 28.8. The molecule has 2 rings (SSSR count). The standard InChI is InChI=1S/C24H38O4.C3H3NS/c1-3-5-7-9-11-13-15-20-16-17-21(22(19-20)23(25)26)24(27)28-18-14-12-10-8-6-4-2;1-2-5-3-4-1/h16-17,19H,3-15,18H2,1-2H3,(H,25,26);1-3H. The third kappa shape index (κ3) is 13.8. The first-order chi connectivity index (χ1) is 16.1. The van der Waals surface area contributed by atoms with Crippen molar-refractivity contribution in [2.45, 2.75) is 97.3 Å². The molecular weight excluding hydrogens is 434 g/mol. The minimum absolute atomic E-state index is 0.0522. The molecule has 1 aromatic heterocycles. The van der Waals surface area contributed by atoms with Gasteiger partial charge in [-0.2, -0.15) is 0 Å². The molecule has 0 radical (unpaired) electrons. The van der Waals surface area contributed by atoms with E-state index in [-0.39, 0.29) is 11.1 Å². The number of unbranched alkanes of at least 4 members (excludes halogenated alkanes) is 10. The molecule has 0 saturated heterocycles. The van der Waals surface area contributed by atoms with Crippen LogP contribution in [0.15, 0.2) is 35.3 Å². The van der Waals surface area contributed by atoms with Gasteiger partial charge < -0.3 is 9.84 Å². The number of hydrogen-bond donors (Lipinski definition) is 1. The molecule has 0 fully saturated rings. The quantitative estimate of drug-likeness (QED) is 0.197. The molecule has 0 unspecified atom stereocenters. The van der Waals surface area contributed by atoms with Crippen molar-refractivity contribution in [1.29, 1.82) is 0 Å². The molecule has 0 atom stereocenters. The summed E-state index contributed by atoms with van der Waals surface area (Å²) in [7, 11) is 0. The smallest absolute Gasteiger partial charge is 0.339 e. The highest BCUT2D eigenvalue weighted by molar-refractivity contribution is 7.07. The normalized spacial score (nSPS) is 10.4. The predicted octanol–water partition coefficient (Wildman–Crippen LogP) is 7.95. The molecule has 0 aliphatic heterocycles. The Morgan fingerprint density at radius 1 is 0.879 bits per heavy atom. The predicted molar refractivity (Wildman–Crippen MR) is 136 cm³/mol. The number of nitrogens with zero attached hydrogens (tertiary/aromatic N) is 1. The van der Waals surface area contributed by atoms with E-state index in [1.165, 1.54) is 44.9 Å². The molecule has 0 saturated carbocycles. The minimum Gasteiger partial charge on any atom is -0.478 e. The van der Waals surface area contributed by atoms with Crippen LogP contribution in [0.1, 0.15) is 117 Å². The van der Waals surface area contributed by atoms with E-state index in [2.05, 4.69) is 18.8 Å². The maximum absolute atomic E-state index is 12.3. The minimum atomic E-state index is -1.07. The van der Waals surface area contributed by atoms with Crippen LogP contribution in [0.3, 0.4) is 0 Å². The second-order valence-electron chi connectivity index (χ2n) is 8.28. The van der Waals surface area contributed by atoms with Crippen LogP contribution in [-0.4, -0.2) is 28.6 Å². The van der Waals surface area contributed by atoms with E-state index in [1.54, 1.807) is 35.2 Å². The number of rotatable bonds is 16. The van der Waals surface area contributed by atoms with Crippen LogP contribution in [-0.2, 0) is 11.2 Å². The zero-order valence-corrected chi connectivity index (χ0v) is 21.2. The molecule has 1 N–H and O–H groups in total. The maximum Gasteiger partial charge on any atom is 0.339 e. The number of carboxylic acids is 1. The summed E-state index contributed by atoms with van der Waals surface area (Å²) < 4.78 is 5.30. The third-order valence-corrected chi connectivity index (χ3v) is 5.95. The molecule has 6 heteroatoms. The van der Waals surface area contributed by atoms with Crippen molar-refractivity contribution in [3.8, 4) is 0 Å². The molecular formula is C27H41NO4S. The highest BCUT2D eigenvalue weighted by atomic mass is 32.1. The van der Waals surface area contributed by atoms with E-state index in [1.807, 2.05) is 11.4 Å². The van der Waals surface area contributed by atoms with Gasteiger partial charge in [0.05, 0.1) is 23.2 Å². The molecule has 1 heterocycles. The van der Waals surface area contributed by atoms with Crippen molar-refractivity contribution in [3.05, 3.63) is 52.0 Å². The molecule has 0 aliphatic rings. The van der Waals surface area contributed by atoms with Gasteiger partial charge in [0.15, 0.2) is 0 Å². The van der Waals surface area contributed by atoms with Crippen LogP contribution >= 0.6 is 11.3 Å². The summed E-state index contributed by atoms with van der Waals surface area (Å²) >= 11 is 1.60. The lowest BCUT2D eigenvalue weighted by atomic mass is 9.99. The van der Waals surface area contributed by atoms with Crippen molar-refractivity contribution in [2.24, 2.45) is 0 Å². The number of aromatic nitrogens is 1. The van der Waals surface area contributed by atoms with E-state index in [9.17, 15) is 14.7 Å². The summed E-state index contributed by atoms with van der Waals surface area (Å²) in [6, 6.07) is 5.11. The molecule has 0 amide bonds. The lowest BCUT2D eigenvalue weighted by Gasteiger charge is -2.10. The Kier molecular flexibility index (Phi) is 16.8. The molecule has 184 valence electrons. The molecule has 5 nitrogen and oxygen atoms in total. The van der Waals surface area contributed by atoms with Crippen molar-refractivity contribution in [2.75, 3.05) is 6.61 Å². The van der Waals surface area contributed by atoms with Crippen LogP contribution < -0.4 is 0 Å². The number of thiazole rings is 1. The van der Waals surface area contributed by atoms with Gasteiger partial charge in [-0.25, -0.2) is 9.59 Å². The van der Waals surface area contributed by atoms with Gasteiger partial charge in [0.2, 0.25) is 0 Å². The summed E-state index contributed by atoms with van der Waals surface area (Å²) in [6.45, 7) is 4.73. The summed E-state index contributed by atoms with van der Waals surface area (Å²) in [5.41, 5.74) is 2.97. The number of esters is 1. The average Bonchev–Trinajstić information content (AvgIpc) is 3.41. The van der Waals surface area contributed by atoms with Crippen molar-refractivity contribution in [1.82, 2.24) is 4.98 Å². The zero-order chi connectivity index (χ0) is 24.2. The number of aryl methyl sites for hydroxylation is 1. The molecule has 1 aromatic carbocycles.